The molecule has 1 heterocycles. The quantitative estimate of drug-likeness (QED) is 0.617. The highest BCUT2D eigenvalue weighted by Gasteiger charge is 2.19. The van der Waals surface area contributed by atoms with Crippen molar-refractivity contribution < 1.29 is 27.9 Å². The predicted molar refractivity (Wildman–Crippen MR) is 82.0 cm³/mol. The number of hydrogen-bond donors (Lipinski definition) is 0. The minimum atomic E-state index is -0.795. The number of esters is 1. The maximum atomic E-state index is 13.6. The number of benzene rings is 1. The van der Waals surface area contributed by atoms with Crippen molar-refractivity contribution in [3.63, 3.8) is 0 Å². The van der Waals surface area contributed by atoms with Crippen LogP contribution in [0.15, 0.2) is 33.5 Å². The average Bonchev–Trinajstić information content (AvgIpc) is 2.51. The number of carbonyl (C=O) groups excluding carboxylic acids is 2. The van der Waals surface area contributed by atoms with E-state index < -0.39 is 29.8 Å². The van der Waals surface area contributed by atoms with Crippen LogP contribution in [-0.2, 0) is 4.74 Å². The second-order valence-electron chi connectivity index (χ2n) is 5.03. The minimum Gasteiger partial charge on any atom is -0.494 e. The van der Waals surface area contributed by atoms with Crippen molar-refractivity contribution in [3.05, 3.63) is 63.0 Å². The molecule has 0 aliphatic rings. The van der Waals surface area contributed by atoms with Crippen LogP contribution in [0.4, 0.5) is 4.39 Å². The van der Waals surface area contributed by atoms with Gasteiger partial charge >= 0.3 is 11.6 Å². The number of carbonyl (C=O) groups is 2. The molecule has 0 bridgehead atoms. The Labute approximate surface area is 136 Å². The molecule has 0 saturated carbocycles. The smallest absolute Gasteiger partial charge is 0.342 e. The molecule has 1 aromatic heterocycles. The van der Waals surface area contributed by atoms with Gasteiger partial charge in [-0.3, -0.25) is 4.79 Å². The van der Waals surface area contributed by atoms with Crippen LogP contribution in [0.5, 0.6) is 5.75 Å². The molecule has 1 aromatic carbocycles. The Kier molecular flexibility index (Phi) is 5.13. The van der Waals surface area contributed by atoms with Gasteiger partial charge in [0.25, 0.3) is 0 Å². The summed E-state index contributed by atoms with van der Waals surface area (Å²) >= 11 is 0. The number of halogens is 1. The summed E-state index contributed by atoms with van der Waals surface area (Å²) in [5, 5.41) is 0. The number of methoxy groups -OCH3 is 1. The molecule has 0 unspecified atom stereocenters. The Bertz CT molecular complexity index is 826. The van der Waals surface area contributed by atoms with Crippen molar-refractivity contribution in [1.82, 2.24) is 0 Å². The fourth-order valence-electron chi connectivity index (χ4n) is 2.19. The highest BCUT2D eigenvalue weighted by molar-refractivity contribution is 5.99. The van der Waals surface area contributed by atoms with E-state index in [-0.39, 0.29) is 22.6 Å². The highest BCUT2D eigenvalue weighted by atomic mass is 19.1. The highest BCUT2D eigenvalue weighted by Crippen LogP contribution is 2.18. The SMILES string of the molecule is COc1ccc(C(=O)COC(=O)c2c(C)cc(=O)oc2C)cc1F. The lowest BCUT2D eigenvalue weighted by Crippen LogP contribution is -2.17. The van der Waals surface area contributed by atoms with Crippen LogP contribution in [0.1, 0.15) is 32.0 Å². The number of hydrogen-bond acceptors (Lipinski definition) is 6. The van der Waals surface area contributed by atoms with Gasteiger partial charge in [0.15, 0.2) is 24.0 Å². The van der Waals surface area contributed by atoms with Crippen molar-refractivity contribution in [2.45, 2.75) is 13.8 Å². The van der Waals surface area contributed by atoms with E-state index in [1.165, 1.54) is 26.2 Å². The molecule has 0 aliphatic heterocycles. The molecule has 2 rings (SSSR count). The number of ketones is 1. The van der Waals surface area contributed by atoms with Gasteiger partial charge in [-0.1, -0.05) is 0 Å². The normalized spacial score (nSPS) is 10.3. The zero-order chi connectivity index (χ0) is 17.9. The van der Waals surface area contributed by atoms with Crippen LogP contribution in [0.3, 0.4) is 0 Å². The Morgan fingerprint density at radius 3 is 2.50 bits per heavy atom. The molecule has 0 N–H and O–H groups in total. The van der Waals surface area contributed by atoms with E-state index in [4.69, 9.17) is 13.9 Å². The second kappa shape index (κ2) is 7.08. The zero-order valence-corrected chi connectivity index (χ0v) is 13.3. The van der Waals surface area contributed by atoms with Crippen molar-refractivity contribution in [2.75, 3.05) is 13.7 Å². The molecular weight excluding hydrogens is 319 g/mol. The van der Waals surface area contributed by atoms with E-state index in [1.54, 1.807) is 6.92 Å². The van der Waals surface area contributed by atoms with Crippen molar-refractivity contribution in [3.8, 4) is 5.75 Å². The van der Waals surface area contributed by atoms with Crippen molar-refractivity contribution in [1.29, 1.82) is 0 Å². The van der Waals surface area contributed by atoms with Gasteiger partial charge in [0.1, 0.15) is 11.3 Å². The summed E-state index contributed by atoms with van der Waals surface area (Å²) in [5.74, 6) is -1.94. The Morgan fingerprint density at radius 1 is 1.21 bits per heavy atom. The molecule has 24 heavy (non-hydrogen) atoms. The molecule has 7 heteroatoms. The Balaban J connectivity index is 2.10. The number of rotatable bonds is 5. The Morgan fingerprint density at radius 2 is 1.92 bits per heavy atom. The molecule has 126 valence electrons. The van der Waals surface area contributed by atoms with E-state index in [0.717, 1.165) is 12.1 Å². The summed E-state index contributed by atoms with van der Waals surface area (Å²) in [6.07, 6.45) is 0. The fraction of sp³-hybridized carbons (Fsp3) is 0.235. The minimum absolute atomic E-state index is 0.00843. The fourth-order valence-corrected chi connectivity index (χ4v) is 2.19. The lowest BCUT2D eigenvalue weighted by atomic mass is 10.1. The second-order valence-corrected chi connectivity index (χ2v) is 5.03. The number of Topliss-reactive ketones (excluding diaryl/α,β-unsaturated/α-hetero) is 1. The number of aryl methyl sites for hydroxylation is 2. The van der Waals surface area contributed by atoms with Gasteiger partial charge in [-0.05, 0) is 37.6 Å². The summed E-state index contributed by atoms with van der Waals surface area (Å²) in [6.45, 7) is 2.44. The molecule has 0 radical (unpaired) electrons. The maximum absolute atomic E-state index is 13.6. The summed E-state index contributed by atoms with van der Waals surface area (Å²) in [4.78, 5) is 35.3. The summed E-state index contributed by atoms with van der Waals surface area (Å²) in [6, 6.07) is 4.85. The third-order valence-electron chi connectivity index (χ3n) is 3.35. The first-order chi connectivity index (χ1) is 11.3. The van der Waals surface area contributed by atoms with Crippen LogP contribution >= 0.6 is 0 Å². The topological polar surface area (TPSA) is 82.8 Å². The third-order valence-corrected chi connectivity index (χ3v) is 3.35. The molecule has 0 aliphatic carbocycles. The van der Waals surface area contributed by atoms with Gasteiger partial charge in [-0.15, -0.1) is 0 Å². The molecular formula is C17H15FO6. The summed E-state index contributed by atoms with van der Waals surface area (Å²) in [5.41, 5.74) is -0.0551. The first-order valence-electron chi connectivity index (χ1n) is 6.98. The molecule has 0 atom stereocenters. The van der Waals surface area contributed by atoms with Crippen LogP contribution in [0.25, 0.3) is 0 Å². The average molecular weight is 334 g/mol. The zero-order valence-electron chi connectivity index (χ0n) is 13.3. The third kappa shape index (κ3) is 3.68. The summed E-state index contributed by atoms with van der Waals surface area (Å²) in [7, 11) is 1.31. The van der Waals surface area contributed by atoms with Crippen LogP contribution in [0.2, 0.25) is 0 Å². The summed E-state index contributed by atoms with van der Waals surface area (Å²) < 4.78 is 28.1. The maximum Gasteiger partial charge on any atom is 0.342 e. The standard InChI is InChI=1S/C17H15FO6/c1-9-6-15(20)24-10(2)16(9)17(21)23-8-13(19)11-4-5-14(22-3)12(18)7-11/h4-7H,8H2,1-3H3. The van der Waals surface area contributed by atoms with Crippen molar-refractivity contribution in [2.24, 2.45) is 0 Å². The van der Waals surface area contributed by atoms with Gasteiger partial charge in [0.2, 0.25) is 0 Å². The molecule has 0 fully saturated rings. The van der Waals surface area contributed by atoms with E-state index in [0.29, 0.717) is 5.56 Å². The van der Waals surface area contributed by atoms with Gasteiger partial charge in [-0.25, -0.2) is 14.0 Å². The molecule has 2 aromatic rings. The van der Waals surface area contributed by atoms with E-state index in [9.17, 15) is 18.8 Å². The monoisotopic (exact) mass is 334 g/mol. The first kappa shape index (κ1) is 17.4. The molecule has 0 spiro atoms. The largest absolute Gasteiger partial charge is 0.494 e. The molecule has 6 nitrogen and oxygen atoms in total. The van der Waals surface area contributed by atoms with Gasteiger partial charge in [0.05, 0.1) is 7.11 Å². The van der Waals surface area contributed by atoms with E-state index in [2.05, 4.69) is 0 Å². The van der Waals surface area contributed by atoms with Gasteiger partial charge < -0.3 is 13.9 Å². The van der Waals surface area contributed by atoms with Crippen LogP contribution in [-0.4, -0.2) is 25.5 Å². The van der Waals surface area contributed by atoms with Gasteiger partial charge in [-0.2, -0.15) is 0 Å². The van der Waals surface area contributed by atoms with E-state index in [1.807, 2.05) is 0 Å². The first-order valence-corrected chi connectivity index (χ1v) is 6.98. The van der Waals surface area contributed by atoms with Crippen molar-refractivity contribution >= 4 is 11.8 Å². The lowest BCUT2D eigenvalue weighted by Gasteiger charge is -2.08. The molecule has 0 saturated heterocycles. The Hall–Kier alpha value is -2.96. The van der Waals surface area contributed by atoms with Gasteiger partial charge in [0, 0.05) is 11.6 Å². The number of ether oxygens (including phenoxy) is 2. The lowest BCUT2D eigenvalue weighted by molar-refractivity contribution is 0.0470. The van der Waals surface area contributed by atoms with Crippen LogP contribution in [0, 0.1) is 19.7 Å². The molecule has 0 amide bonds. The van der Waals surface area contributed by atoms with Crippen LogP contribution < -0.4 is 10.4 Å². The van der Waals surface area contributed by atoms with E-state index >= 15 is 0 Å². The predicted octanol–water partition coefficient (Wildman–Crippen LogP) is 2.44.